The molecule has 4 heterocycles. The molecule has 0 spiro atoms. The fourth-order valence-electron chi connectivity index (χ4n) is 3.63. The number of rotatable bonds is 3. The summed E-state index contributed by atoms with van der Waals surface area (Å²) in [5.74, 6) is 1.43. The van der Waals surface area contributed by atoms with Gasteiger partial charge in [0.25, 0.3) is 5.91 Å². The summed E-state index contributed by atoms with van der Waals surface area (Å²) in [6.07, 6.45) is 2.35. The highest BCUT2D eigenvalue weighted by molar-refractivity contribution is 6.33. The number of hydrogen-bond acceptors (Lipinski definition) is 3. The third-order valence-corrected chi connectivity index (χ3v) is 5.27. The van der Waals surface area contributed by atoms with Crippen LogP contribution in [0.4, 0.5) is 0 Å². The van der Waals surface area contributed by atoms with Crippen molar-refractivity contribution in [2.24, 2.45) is 5.92 Å². The molecule has 3 fully saturated rings. The monoisotopic (exact) mass is 330 g/mol. The Morgan fingerprint density at radius 2 is 1.96 bits per heavy atom. The summed E-state index contributed by atoms with van der Waals surface area (Å²) < 4.78 is 5.72. The van der Waals surface area contributed by atoms with Gasteiger partial charge in [0, 0.05) is 18.2 Å². The van der Waals surface area contributed by atoms with Crippen molar-refractivity contribution in [2.75, 3.05) is 19.6 Å². The Kier molecular flexibility index (Phi) is 3.87. The van der Waals surface area contributed by atoms with E-state index in [4.69, 9.17) is 16.0 Å². The molecule has 1 aromatic heterocycles. The van der Waals surface area contributed by atoms with Crippen LogP contribution in [0.5, 0.6) is 0 Å². The van der Waals surface area contributed by atoms with Crippen LogP contribution in [0.3, 0.4) is 0 Å². The fraction of sp³-hybridized carbons (Fsp3) is 0.389. The number of piperidine rings is 3. The SMILES string of the molecule is O=C(NC1CN2CCC1CC2)c1ccc(-c2ccccc2Cl)o1. The van der Waals surface area contributed by atoms with E-state index in [2.05, 4.69) is 10.2 Å². The van der Waals surface area contributed by atoms with Gasteiger partial charge in [-0.05, 0) is 56.1 Å². The van der Waals surface area contributed by atoms with Crippen LogP contribution in [0.25, 0.3) is 11.3 Å². The number of nitrogens with one attached hydrogen (secondary N) is 1. The van der Waals surface area contributed by atoms with E-state index in [-0.39, 0.29) is 11.9 Å². The first-order chi connectivity index (χ1) is 11.2. The Balaban J connectivity index is 1.48. The van der Waals surface area contributed by atoms with E-state index in [1.54, 1.807) is 12.1 Å². The summed E-state index contributed by atoms with van der Waals surface area (Å²) >= 11 is 6.18. The molecule has 2 bridgehead atoms. The highest BCUT2D eigenvalue weighted by atomic mass is 35.5. The maximum atomic E-state index is 12.5. The minimum Gasteiger partial charge on any atom is -0.451 e. The zero-order chi connectivity index (χ0) is 15.8. The first kappa shape index (κ1) is 14.8. The number of halogens is 1. The van der Waals surface area contributed by atoms with E-state index in [0.717, 1.165) is 25.2 Å². The lowest BCUT2D eigenvalue weighted by Crippen LogP contribution is -2.57. The van der Waals surface area contributed by atoms with E-state index in [1.165, 1.54) is 12.8 Å². The Bertz CT molecular complexity index is 719. The van der Waals surface area contributed by atoms with E-state index < -0.39 is 0 Å². The van der Waals surface area contributed by atoms with E-state index in [9.17, 15) is 4.79 Å². The average molecular weight is 331 g/mol. The van der Waals surface area contributed by atoms with Crippen molar-refractivity contribution in [1.29, 1.82) is 0 Å². The lowest BCUT2D eigenvalue weighted by molar-refractivity contribution is 0.0606. The summed E-state index contributed by atoms with van der Waals surface area (Å²) in [5.41, 5.74) is 0.802. The lowest BCUT2D eigenvalue weighted by atomic mass is 9.84. The van der Waals surface area contributed by atoms with Gasteiger partial charge >= 0.3 is 0 Å². The van der Waals surface area contributed by atoms with E-state index in [0.29, 0.717) is 22.5 Å². The molecule has 3 aliphatic rings. The van der Waals surface area contributed by atoms with Gasteiger partial charge < -0.3 is 14.6 Å². The van der Waals surface area contributed by atoms with Gasteiger partial charge in [-0.3, -0.25) is 4.79 Å². The Morgan fingerprint density at radius 3 is 2.65 bits per heavy atom. The van der Waals surface area contributed by atoms with Crippen LogP contribution in [0.15, 0.2) is 40.8 Å². The minimum absolute atomic E-state index is 0.137. The predicted octanol–water partition coefficient (Wildman–Crippen LogP) is 3.42. The van der Waals surface area contributed by atoms with Crippen LogP contribution in [0, 0.1) is 5.92 Å². The first-order valence-electron chi connectivity index (χ1n) is 8.08. The number of carbonyl (C=O) groups excluding carboxylic acids is 1. The number of benzene rings is 1. The van der Waals surface area contributed by atoms with Gasteiger partial charge in [0.1, 0.15) is 5.76 Å². The molecule has 4 nitrogen and oxygen atoms in total. The van der Waals surface area contributed by atoms with E-state index in [1.807, 2.05) is 24.3 Å². The van der Waals surface area contributed by atoms with Crippen molar-refractivity contribution in [1.82, 2.24) is 10.2 Å². The van der Waals surface area contributed by atoms with Crippen molar-refractivity contribution < 1.29 is 9.21 Å². The quantitative estimate of drug-likeness (QED) is 0.938. The van der Waals surface area contributed by atoms with Gasteiger partial charge in [0.2, 0.25) is 0 Å². The summed E-state index contributed by atoms with van der Waals surface area (Å²) in [6.45, 7) is 3.28. The third-order valence-electron chi connectivity index (χ3n) is 4.94. The molecule has 1 aromatic carbocycles. The molecule has 2 aromatic rings. The molecule has 0 aliphatic carbocycles. The lowest BCUT2D eigenvalue weighted by Gasteiger charge is -2.44. The first-order valence-corrected chi connectivity index (χ1v) is 8.46. The smallest absolute Gasteiger partial charge is 0.287 e. The zero-order valence-corrected chi connectivity index (χ0v) is 13.6. The molecule has 0 saturated carbocycles. The number of fused-ring (bicyclic) bond motifs is 3. The number of carbonyl (C=O) groups is 1. The second kappa shape index (κ2) is 6.02. The van der Waals surface area contributed by atoms with Crippen molar-refractivity contribution in [2.45, 2.75) is 18.9 Å². The van der Waals surface area contributed by atoms with Crippen LogP contribution < -0.4 is 5.32 Å². The fourth-order valence-corrected chi connectivity index (χ4v) is 3.86. The normalized spacial score (nSPS) is 26.2. The summed E-state index contributed by atoms with van der Waals surface area (Å²) in [6, 6.07) is 11.2. The number of hydrogen-bond donors (Lipinski definition) is 1. The van der Waals surface area contributed by atoms with Gasteiger partial charge in [-0.15, -0.1) is 0 Å². The molecule has 3 aliphatic heterocycles. The van der Waals surface area contributed by atoms with Crippen molar-refractivity contribution in [3.05, 3.63) is 47.2 Å². The van der Waals surface area contributed by atoms with Crippen LogP contribution in [-0.2, 0) is 0 Å². The van der Waals surface area contributed by atoms with Crippen LogP contribution in [0.1, 0.15) is 23.4 Å². The van der Waals surface area contributed by atoms with Gasteiger partial charge in [-0.1, -0.05) is 23.7 Å². The van der Waals surface area contributed by atoms with Crippen LogP contribution in [0.2, 0.25) is 5.02 Å². The Hall–Kier alpha value is -1.78. The zero-order valence-electron chi connectivity index (χ0n) is 12.8. The molecule has 1 atom stereocenters. The molecule has 1 amide bonds. The minimum atomic E-state index is -0.137. The highest BCUT2D eigenvalue weighted by Gasteiger charge is 2.35. The maximum absolute atomic E-state index is 12.5. The second-order valence-electron chi connectivity index (χ2n) is 6.36. The largest absolute Gasteiger partial charge is 0.451 e. The molecule has 1 N–H and O–H groups in total. The standard InChI is InChI=1S/C18H19ClN2O2/c19-14-4-2-1-3-13(14)16-5-6-17(23-16)18(22)20-15-11-21-9-7-12(15)8-10-21/h1-6,12,15H,7-11H2,(H,20,22). The average Bonchev–Trinajstić information content (AvgIpc) is 3.06. The molecule has 23 heavy (non-hydrogen) atoms. The molecule has 3 saturated heterocycles. The summed E-state index contributed by atoms with van der Waals surface area (Å²) in [7, 11) is 0. The van der Waals surface area contributed by atoms with Crippen molar-refractivity contribution in [3.8, 4) is 11.3 Å². The van der Waals surface area contributed by atoms with Crippen LogP contribution in [-0.4, -0.2) is 36.5 Å². The van der Waals surface area contributed by atoms with Crippen molar-refractivity contribution >= 4 is 17.5 Å². The van der Waals surface area contributed by atoms with Gasteiger partial charge in [-0.2, -0.15) is 0 Å². The third kappa shape index (κ3) is 2.89. The molecule has 120 valence electrons. The second-order valence-corrected chi connectivity index (χ2v) is 6.77. The van der Waals surface area contributed by atoms with E-state index >= 15 is 0 Å². The molecule has 0 radical (unpaired) electrons. The van der Waals surface area contributed by atoms with Gasteiger partial charge in [0.05, 0.1) is 5.02 Å². The topological polar surface area (TPSA) is 45.5 Å². The molecular formula is C18H19ClN2O2. The molecule has 5 heteroatoms. The Morgan fingerprint density at radius 1 is 1.17 bits per heavy atom. The molecule has 5 rings (SSSR count). The van der Waals surface area contributed by atoms with Crippen LogP contribution >= 0.6 is 11.6 Å². The number of furan rings is 1. The summed E-state index contributed by atoms with van der Waals surface area (Å²) in [4.78, 5) is 14.9. The molecular weight excluding hydrogens is 312 g/mol. The van der Waals surface area contributed by atoms with Gasteiger partial charge in [-0.25, -0.2) is 0 Å². The number of amides is 1. The van der Waals surface area contributed by atoms with Crippen molar-refractivity contribution in [3.63, 3.8) is 0 Å². The number of nitrogens with zero attached hydrogens (tertiary/aromatic N) is 1. The highest BCUT2D eigenvalue weighted by Crippen LogP contribution is 2.30. The van der Waals surface area contributed by atoms with Gasteiger partial charge in [0.15, 0.2) is 5.76 Å². The molecule has 1 unspecified atom stereocenters. The maximum Gasteiger partial charge on any atom is 0.287 e. The predicted molar refractivity (Wildman–Crippen MR) is 89.6 cm³/mol. The summed E-state index contributed by atoms with van der Waals surface area (Å²) in [5, 5.41) is 3.76. The Labute approximate surface area is 140 Å².